The topological polar surface area (TPSA) is 144 Å². The lowest BCUT2D eigenvalue weighted by molar-refractivity contribution is -0.956. The molecular weight excluding hydrogens is 860 g/mol. The summed E-state index contributed by atoms with van der Waals surface area (Å²) in [6.45, 7) is 3.83. The van der Waals surface area contributed by atoms with Crippen molar-refractivity contribution in [1.82, 2.24) is 0 Å². The molecule has 2 aromatic carbocycles. The number of likely N-dealkylation sites (N-methyl/N-ethyl adjacent to an activating group) is 1. The Morgan fingerprint density at radius 1 is 0.727 bits per heavy atom. The Hall–Kier alpha value is -3.32. The zero-order valence-electron chi connectivity index (χ0n) is 40.8. The molecule has 14 heteroatoms. The van der Waals surface area contributed by atoms with Crippen molar-refractivity contribution in [2.45, 2.75) is 178 Å². The first-order valence-electron chi connectivity index (χ1n) is 25.4. The van der Waals surface area contributed by atoms with E-state index in [1.54, 1.807) is 60.7 Å². The molecule has 1 N–H and O–H groups in total. The number of phosphoric acid groups is 1. The maximum absolute atomic E-state index is 14.9. The molecule has 370 valence electrons. The third-order valence-corrected chi connectivity index (χ3v) is 15.0. The van der Waals surface area contributed by atoms with Crippen molar-refractivity contribution in [3.8, 4) is 0 Å². The Kier molecular flexibility index (Phi) is 22.0. The number of ether oxygens (including phenoxy) is 4. The second-order valence-electron chi connectivity index (χ2n) is 20.1. The molecular formula is C52H83N2O11P+2. The van der Waals surface area contributed by atoms with E-state index in [2.05, 4.69) is 6.92 Å². The van der Waals surface area contributed by atoms with Gasteiger partial charge in [0.2, 0.25) is 0 Å². The van der Waals surface area contributed by atoms with E-state index in [-0.39, 0.29) is 19.1 Å². The quantitative estimate of drug-likeness (QED) is 0.0254. The minimum atomic E-state index is -4.62. The second-order valence-corrected chi connectivity index (χ2v) is 21.6. The molecule has 0 amide bonds. The lowest BCUT2D eigenvalue weighted by Crippen LogP contribution is -2.60. The maximum atomic E-state index is 14.9. The zero-order valence-corrected chi connectivity index (χ0v) is 41.6. The summed E-state index contributed by atoms with van der Waals surface area (Å²) >= 11 is 0. The molecule has 3 saturated heterocycles. The molecule has 2 aromatic rings. The van der Waals surface area contributed by atoms with E-state index >= 15 is 0 Å². The molecule has 3 heterocycles. The van der Waals surface area contributed by atoms with E-state index < -0.39 is 50.8 Å². The first kappa shape index (κ1) is 53.6. The number of rotatable bonds is 31. The van der Waals surface area contributed by atoms with Crippen molar-refractivity contribution in [2.24, 2.45) is 0 Å². The van der Waals surface area contributed by atoms with E-state index in [0.717, 1.165) is 49.4 Å². The summed E-state index contributed by atoms with van der Waals surface area (Å²) in [6, 6.07) is 18.3. The number of unbranched alkanes of at least 4 members (excludes halogenated alkanes) is 14. The molecule has 3 fully saturated rings. The molecule has 66 heavy (non-hydrogen) atoms. The molecule has 4 unspecified atom stereocenters. The number of carbonyl (C=O) groups is 3. The lowest BCUT2D eigenvalue weighted by atomic mass is 9.85. The Balaban J connectivity index is 1.20. The van der Waals surface area contributed by atoms with Crippen LogP contribution in [0.2, 0.25) is 0 Å². The van der Waals surface area contributed by atoms with Crippen LogP contribution in [0, 0.1) is 0 Å². The van der Waals surface area contributed by atoms with Crippen LogP contribution < -0.4 is 0 Å². The first-order valence-corrected chi connectivity index (χ1v) is 26.9. The van der Waals surface area contributed by atoms with Gasteiger partial charge in [-0.05, 0) is 6.42 Å². The Bertz CT molecular complexity index is 1730. The molecule has 2 bridgehead atoms. The zero-order chi connectivity index (χ0) is 47.3. The Labute approximate surface area is 396 Å². The van der Waals surface area contributed by atoms with Gasteiger partial charge in [0, 0.05) is 56.1 Å². The third kappa shape index (κ3) is 16.7. The van der Waals surface area contributed by atoms with Crippen LogP contribution in [0.25, 0.3) is 0 Å². The Morgan fingerprint density at radius 3 is 1.73 bits per heavy atom. The standard InChI is InChI=1S/C52H82N2O11P/c1-5-6-7-8-9-10-11-12-13-14-15-16-17-18-25-32-49(55)60-41-48(42-62-66(58,59)61-38-37-53(2,3)4)64-51(57)65-52(43-28-21-19-22-29-43,44-30-23-20-24-31-44)50(56)63-47-39-45-33-34-46(40-47)54(45)35-26-27-36-54/h19-24,28-31,45-48H,5-18,25-27,32-42H2,1-4H3/q+1/p+1. The number of nitrogens with zero attached hydrogens (tertiary/aromatic N) is 2. The molecule has 0 aliphatic carbocycles. The summed E-state index contributed by atoms with van der Waals surface area (Å²) in [5.74, 6) is -1.24. The van der Waals surface area contributed by atoms with Gasteiger partial charge in [0.15, 0.2) is 6.10 Å². The van der Waals surface area contributed by atoms with Gasteiger partial charge in [-0.15, -0.1) is 0 Å². The van der Waals surface area contributed by atoms with Gasteiger partial charge in [-0.3, -0.25) is 13.8 Å². The predicted octanol–water partition coefficient (Wildman–Crippen LogP) is 10.9. The minimum absolute atomic E-state index is 0.0691. The highest BCUT2D eigenvalue weighted by atomic mass is 31.2. The molecule has 0 radical (unpaired) electrons. The number of carbonyl (C=O) groups excluding carboxylic acids is 3. The van der Waals surface area contributed by atoms with Gasteiger partial charge >= 0.3 is 25.9 Å². The van der Waals surface area contributed by atoms with E-state index in [0.29, 0.717) is 40.7 Å². The first-order chi connectivity index (χ1) is 31.8. The summed E-state index contributed by atoms with van der Waals surface area (Å²) in [4.78, 5) is 52.6. The van der Waals surface area contributed by atoms with Gasteiger partial charge < -0.3 is 32.8 Å². The summed E-state index contributed by atoms with van der Waals surface area (Å²) in [5, 5.41) is 0. The SMILES string of the molecule is CCCCCCCCCCCCCCCCCC(=O)OCC(COP(=O)(O)OCC[N+](C)(C)C)OC(=O)OC(C(=O)OC1CC2CCC(C1)[N+]21CCCC1)(c1ccccc1)c1ccccc1. The van der Waals surface area contributed by atoms with E-state index in [1.165, 1.54) is 96.6 Å². The summed E-state index contributed by atoms with van der Waals surface area (Å²) in [5.41, 5.74) is -1.37. The van der Waals surface area contributed by atoms with Crippen LogP contribution in [-0.4, -0.2) is 117 Å². The number of hydrogen-bond acceptors (Lipinski definition) is 10. The summed E-state index contributed by atoms with van der Waals surface area (Å²) in [6.07, 6.45) is 21.4. The summed E-state index contributed by atoms with van der Waals surface area (Å²) < 4.78 is 49.1. The van der Waals surface area contributed by atoms with Gasteiger partial charge in [0.25, 0.3) is 5.60 Å². The van der Waals surface area contributed by atoms with Crippen molar-refractivity contribution in [2.75, 3.05) is 60.6 Å². The molecule has 13 nitrogen and oxygen atoms in total. The number of piperidine rings is 1. The van der Waals surface area contributed by atoms with Gasteiger partial charge in [-0.1, -0.05) is 157 Å². The number of quaternary nitrogens is 2. The monoisotopic (exact) mass is 943 g/mol. The van der Waals surface area contributed by atoms with Gasteiger partial charge in [0.05, 0.1) is 52.9 Å². The molecule has 5 rings (SSSR count). The van der Waals surface area contributed by atoms with E-state index in [9.17, 15) is 23.8 Å². The van der Waals surface area contributed by atoms with Crippen LogP contribution >= 0.6 is 7.82 Å². The lowest BCUT2D eigenvalue weighted by Gasteiger charge is -2.47. The fraction of sp³-hybridized carbons (Fsp3) is 0.712. The highest BCUT2D eigenvalue weighted by molar-refractivity contribution is 7.47. The molecule has 1 spiro atoms. The largest absolute Gasteiger partial charge is 0.510 e. The van der Waals surface area contributed by atoms with Crippen molar-refractivity contribution >= 4 is 25.9 Å². The predicted molar refractivity (Wildman–Crippen MR) is 255 cm³/mol. The van der Waals surface area contributed by atoms with Crippen LogP contribution in [0.5, 0.6) is 0 Å². The maximum Gasteiger partial charge on any atom is 0.510 e. The minimum Gasteiger partial charge on any atom is -0.462 e. The normalized spacial score (nSPS) is 20.4. The van der Waals surface area contributed by atoms with E-state index in [1.807, 2.05) is 21.1 Å². The molecule has 3 aliphatic rings. The average molecular weight is 943 g/mol. The number of esters is 2. The van der Waals surface area contributed by atoms with Gasteiger partial charge in [-0.2, -0.15) is 0 Å². The molecule has 0 saturated carbocycles. The summed E-state index contributed by atoms with van der Waals surface area (Å²) in [7, 11) is 1.13. The number of hydrogen-bond donors (Lipinski definition) is 1. The Morgan fingerprint density at radius 2 is 1.23 bits per heavy atom. The van der Waals surface area contributed by atoms with Crippen LogP contribution in [0.15, 0.2) is 60.7 Å². The van der Waals surface area contributed by atoms with Crippen molar-refractivity contribution < 1.29 is 60.8 Å². The van der Waals surface area contributed by atoms with Crippen LogP contribution in [0.1, 0.15) is 159 Å². The highest BCUT2D eigenvalue weighted by Crippen LogP contribution is 2.47. The van der Waals surface area contributed by atoms with Crippen molar-refractivity contribution in [3.05, 3.63) is 71.8 Å². The number of benzene rings is 2. The number of phosphoric ester groups is 1. The average Bonchev–Trinajstić information content (AvgIpc) is 3.84. The highest BCUT2D eigenvalue weighted by Gasteiger charge is 2.57. The third-order valence-electron chi connectivity index (χ3n) is 14.0. The van der Waals surface area contributed by atoms with Crippen molar-refractivity contribution in [1.29, 1.82) is 0 Å². The van der Waals surface area contributed by atoms with Crippen molar-refractivity contribution in [3.63, 3.8) is 0 Å². The second kappa shape index (κ2) is 27.0. The molecule has 0 aromatic heterocycles. The fourth-order valence-electron chi connectivity index (χ4n) is 10.4. The van der Waals surface area contributed by atoms with Gasteiger partial charge in [-0.25, -0.2) is 14.2 Å². The van der Waals surface area contributed by atoms with Crippen LogP contribution in [0.3, 0.4) is 0 Å². The van der Waals surface area contributed by atoms with Crippen LogP contribution in [-0.2, 0) is 47.8 Å². The van der Waals surface area contributed by atoms with E-state index in [4.69, 9.17) is 28.0 Å². The smallest absolute Gasteiger partial charge is 0.462 e. The van der Waals surface area contributed by atoms with Crippen LogP contribution in [0.4, 0.5) is 4.79 Å². The molecule has 3 aliphatic heterocycles. The van der Waals surface area contributed by atoms with Gasteiger partial charge in [0.1, 0.15) is 25.9 Å². The molecule has 4 atom stereocenters. The fourth-order valence-corrected chi connectivity index (χ4v) is 11.1.